The molecule has 1 heterocycles. The second-order valence-corrected chi connectivity index (χ2v) is 8.06. The van der Waals surface area contributed by atoms with Gasteiger partial charge < -0.3 is 0 Å². The molecule has 0 aromatic heterocycles. The normalized spacial score (nSPS) is 26.9. The number of allylic oxidation sites excluding steroid dienone is 2. The van der Waals surface area contributed by atoms with Crippen LogP contribution in [0.4, 0.5) is 0 Å². The van der Waals surface area contributed by atoms with Gasteiger partial charge in [0.05, 0.1) is 5.70 Å². The number of hydrogen-bond acceptors (Lipinski definition) is 2. The minimum absolute atomic E-state index is 1.09. The van der Waals surface area contributed by atoms with Crippen LogP contribution in [-0.2, 0) is 0 Å². The lowest BCUT2D eigenvalue weighted by molar-refractivity contribution is 0.696. The SMILES string of the molecule is C=N[P+]1(Cl)NC2=C(CCCC2)c2ccccc21. The van der Waals surface area contributed by atoms with Gasteiger partial charge in [-0.3, -0.25) is 0 Å². The van der Waals surface area contributed by atoms with Crippen LogP contribution in [-0.4, -0.2) is 6.72 Å². The molecule has 0 radical (unpaired) electrons. The summed E-state index contributed by atoms with van der Waals surface area (Å²) in [6, 6.07) is 8.35. The molecule has 3 rings (SSSR count). The number of rotatable bonds is 1. The first-order chi connectivity index (χ1) is 8.24. The second kappa shape index (κ2) is 4.12. The van der Waals surface area contributed by atoms with E-state index in [1.165, 1.54) is 29.7 Å². The quantitative estimate of drug-likeness (QED) is 0.604. The van der Waals surface area contributed by atoms with Crippen LogP contribution in [0.25, 0.3) is 5.57 Å². The highest BCUT2D eigenvalue weighted by Gasteiger charge is 2.46. The number of hydrogen-bond donors (Lipinski definition) is 1. The highest BCUT2D eigenvalue weighted by molar-refractivity contribution is 8.02. The Bertz CT molecular complexity index is 512. The molecule has 1 unspecified atom stereocenters. The van der Waals surface area contributed by atoms with Crippen molar-refractivity contribution in [3.05, 3.63) is 35.5 Å². The summed E-state index contributed by atoms with van der Waals surface area (Å²) >= 11 is 6.65. The minimum atomic E-state index is -2.15. The average molecular weight is 266 g/mol. The zero-order valence-electron chi connectivity index (χ0n) is 9.62. The van der Waals surface area contributed by atoms with Crippen molar-refractivity contribution in [1.82, 2.24) is 5.09 Å². The Morgan fingerprint density at radius 3 is 2.82 bits per heavy atom. The van der Waals surface area contributed by atoms with E-state index in [1.54, 1.807) is 0 Å². The Kier molecular flexibility index (Phi) is 2.72. The summed E-state index contributed by atoms with van der Waals surface area (Å²) in [5.74, 6) is 0. The van der Waals surface area contributed by atoms with Crippen LogP contribution in [0, 0.1) is 0 Å². The van der Waals surface area contributed by atoms with Crippen LogP contribution in [0.5, 0.6) is 0 Å². The van der Waals surface area contributed by atoms with E-state index in [0.717, 1.165) is 18.1 Å². The molecule has 1 atom stereocenters. The first-order valence-electron chi connectivity index (χ1n) is 5.92. The highest BCUT2D eigenvalue weighted by atomic mass is 35.7. The molecular formula is C13H15ClN2P+. The van der Waals surface area contributed by atoms with E-state index < -0.39 is 6.92 Å². The van der Waals surface area contributed by atoms with E-state index in [0.29, 0.717) is 0 Å². The third-order valence-corrected chi connectivity index (χ3v) is 6.60. The van der Waals surface area contributed by atoms with E-state index in [-0.39, 0.29) is 0 Å². The van der Waals surface area contributed by atoms with Crippen molar-refractivity contribution in [2.75, 3.05) is 0 Å². The van der Waals surface area contributed by atoms with E-state index in [1.807, 2.05) is 6.07 Å². The van der Waals surface area contributed by atoms with Crippen LogP contribution < -0.4 is 10.4 Å². The van der Waals surface area contributed by atoms with Crippen LogP contribution in [0.2, 0.25) is 0 Å². The summed E-state index contributed by atoms with van der Waals surface area (Å²) in [5.41, 5.74) is 4.02. The van der Waals surface area contributed by atoms with Crippen molar-refractivity contribution in [3.8, 4) is 0 Å². The molecular weight excluding hydrogens is 251 g/mol. The third kappa shape index (κ3) is 1.71. The average Bonchev–Trinajstić information content (AvgIpc) is 2.39. The van der Waals surface area contributed by atoms with Crippen molar-refractivity contribution >= 4 is 35.8 Å². The maximum absolute atomic E-state index is 6.65. The number of fused-ring (bicyclic) bond motifs is 2. The fourth-order valence-corrected chi connectivity index (χ4v) is 5.17. The zero-order valence-corrected chi connectivity index (χ0v) is 11.3. The Balaban J connectivity index is 2.22. The first kappa shape index (κ1) is 11.3. The first-order valence-corrected chi connectivity index (χ1v) is 8.56. The van der Waals surface area contributed by atoms with Gasteiger partial charge in [0.2, 0.25) is 0 Å². The maximum Gasteiger partial charge on any atom is 0.352 e. The van der Waals surface area contributed by atoms with Crippen LogP contribution in [0.3, 0.4) is 0 Å². The van der Waals surface area contributed by atoms with E-state index in [9.17, 15) is 0 Å². The third-order valence-electron chi connectivity index (χ3n) is 3.49. The lowest BCUT2D eigenvalue weighted by Gasteiger charge is -2.29. The summed E-state index contributed by atoms with van der Waals surface area (Å²) in [6.07, 6.45) is 4.74. The predicted octanol–water partition coefficient (Wildman–Crippen LogP) is 3.90. The van der Waals surface area contributed by atoms with Crippen molar-refractivity contribution in [2.24, 2.45) is 4.76 Å². The molecule has 0 saturated carbocycles. The van der Waals surface area contributed by atoms with E-state index in [2.05, 4.69) is 34.8 Å². The van der Waals surface area contributed by atoms with Gasteiger partial charge in [0.15, 0.2) is 16.5 Å². The van der Waals surface area contributed by atoms with Crippen molar-refractivity contribution < 1.29 is 0 Å². The van der Waals surface area contributed by atoms with Gasteiger partial charge in [-0.15, -0.1) is 0 Å². The van der Waals surface area contributed by atoms with Gasteiger partial charge >= 0.3 is 6.92 Å². The molecule has 88 valence electrons. The summed E-state index contributed by atoms with van der Waals surface area (Å²) in [4.78, 5) is 0. The molecule has 2 aliphatic rings. The smallest absolute Gasteiger partial charge is 0.224 e. The molecule has 4 heteroatoms. The van der Waals surface area contributed by atoms with Crippen molar-refractivity contribution in [1.29, 1.82) is 0 Å². The van der Waals surface area contributed by atoms with Gasteiger partial charge in [0.25, 0.3) is 0 Å². The Morgan fingerprint density at radius 2 is 2.00 bits per heavy atom. The van der Waals surface area contributed by atoms with E-state index in [4.69, 9.17) is 11.2 Å². The van der Waals surface area contributed by atoms with Gasteiger partial charge in [-0.25, -0.2) is 5.09 Å². The van der Waals surface area contributed by atoms with E-state index >= 15 is 0 Å². The number of benzene rings is 1. The zero-order chi connectivity index (χ0) is 11.9. The fourth-order valence-electron chi connectivity index (χ4n) is 2.66. The number of halogens is 1. The number of nitrogens with one attached hydrogen (secondary N) is 1. The summed E-state index contributed by atoms with van der Waals surface area (Å²) < 4.78 is 4.19. The molecule has 1 aromatic carbocycles. The van der Waals surface area contributed by atoms with Gasteiger partial charge in [0.1, 0.15) is 0 Å². The molecule has 0 saturated heterocycles. The fraction of sp³-hybridized carbons (Fsp3) is 0.308. The molecule has 1 N–H and O–H groups in total. The van der Waals surface area contributed by atoms with Gasteiger partial charge in [-0.1, -0.05) is 23.0 Å². The van der Waals surface area contributed by atoms with Crippen LogP contribution in [0.15, 0.2) is 34.7 Å². The maximum atomic E-state index is 6.65. The van der Waals surface area contributed by atoms with Crippen LogP contribution >= 0.6 is 18.2 Å². The van der Waals surface area contributed by atoms with Gasteiger partial charge in [-0.05, 0) is 37.3 Å². The van der Waals surface area contributed by atoms with Crippen molar-refractivity contribution in [2.45, 2.75) is 25.7 Å². The Morgan fingerprint density at radius 1 is 1.24 bits per heavy atom. The molecule has 17 heavy (non-hydrogen) atoms. The lowest BCUT2D eigenvalue weighted by Crippen LogP contribution is -2.29. The van der Waals surface area contributed by atoms with Gasteiger partial charge in [0, 0.05) is 12.3 Å². The largest absolute Gasteiger partial charge is 0.352 e. The monoisotopic (exact) mass is 265 g/mol. The van der Waals surface area contributed by atoms with Gasteiger partial charge in [-0.2, -0.15) is 0 Å². The second-order valence-electron chi connectivity index (χ2n) is 4.49. The topological polar surface area (TPSA) is 24.4 Å². The molecule has 1 aliphatic heterocycles. The molecule has 0 amide bonds. The Hall–Kier alpha value is -0.850. The number of nitrogens with zero attached hydrogens (tertiary/aromatic N) is 1. The predicted molar refractivity (Wildman–Crippen MR) is 76.9 cm³/mol. The minimum Gasteiger partial charge on any atom is -0.224 e. The highest BCUT2D eigenvalue weighted by Crippen LogP contribution is 2.64. The molecule has 0 spiro atoms. The summed E-state index contributed by atoms with van der Waals surface area (Å²) in [6.45, 7) is 1.53. The molecule has 0 fully saturated rings. The molecule has 0 bridgehead atoms. The summed E-state index contributed by atoms with van der Waals surface area (Å²) in [5, 5.41) is 4.60. The Labute approximate surface area is 107 Å². The lowest BCUT2D eigenvalue weighted by atomic mass is 9.91. The molecule has 2 nitrogen and oxygen atoms in total. The standard InChI is InChI=1S/C13H15ClN2P/c1-15-17(14)13-9-5-3-7-11(13)10-6-2-4-8-12(10)16-17/h3,5,7,9,16H,1-2,4,6,8H2/q+1. The molecule has 1 aliphatic carbocycles. The van der Waals surface area contributed by atoms with Crippen molar-refractivity contribution in [3.63, 3.8) is 0 Å². The molecule has 1 aromatic rings. The van der Waals surface area contributed by atoms with Crippen LogP contribution in [0.1, 0.15) is 31.2 Å². The summed E-state index contributed by atoms with van der Waals surface area (Å²) in [7, 11) is 0.